The molecule has 1 aromatic heterocycles. The summed E-state index contributed by atoms with van der Waals surface area (Å²) < 4.78 is 5.45. The van der Waals surface area contributed by atoms with Gasteiger partial charge in [-0.3, -0.25) is 9.78 Å². The van der Waals surface area contributed by atoms with Crippen molar-refractivity contribution in [3.63, 3.8) is 0 Å². The fourth-order valence-electron chi connectivity index (χ4n) is 2.12. The lowest BCUT2D eigenvalue weighted by Gasteiger charge is -2.30. The van der Waals surface area contributed by atoms with Crippen LogP contribution in [-0.2, 0) is 4.79 Å². The molecule has 0 spiro atoms. The van der Waals surface area contributed by atoms with E-state index < -0.39 is 5.97 Å². The molecule has 6 nitrogen and oxygen atoms in total. The van der Waals surface area contributed by atoms with Crippen LogP contribution >= 0.6 is 0 Å². The molecule has 104 valence electrons. The molecule has 1 aromatic rings. The minimum absolute atomic E-state index is 0.233. The average molecular weight is 265 g/mol. The van der Waals surface area contributed by atoms with E-state index in [1.54, 1.807) is 12.4 Å². The van der Waals surface area contributed by atoms with Crippen LogP contribution in [0.2, 0.25) is 0 Å². The molecule has 1 aliphatic heterocycles. The summed E-state index contributed by atoms with van der Waals surface area (Å²) in [5.41, 5.74) is 0. The SMILES string of the molecule is CCCOc1cncc(N2CCC(C(=O)O)CC2)n1. The van der Waals surface area contributed by atoms with Crippen molar-refractivity contribution in [2.24, 2.45) is 5.92 Å². The number of rotatable bonds is 5. The summed E-state index contributed by atoms with van der Waals surface area (Å²) in [6.45, 7) is 4.05. The number of ether oxygens (including phenoxy) is 1. The molecule has 2 heterocycles. The van der Waals surface area contributed by atoms with Crippen molar-refractivity contribution in [1.82, 2.24) is 9.97 Å². The summed E-state index contributed by atoms with van der Waals surface area (Å²) in [5.74, 6) is 0.353. The normalized spacial score (nSPS) is 16.4. The molecular weight excluding hydrogens is 246 g/mol. The summed E-state index contributed by atoms with van der Waals surface area (Å²) in [5, 5.41) is 8.97. The molecule has 0 radical (unpaired) electrons. The lowest BCUT2D eigenvalue weighted by Crippen LogP contribution is -2.36. The van der Waals surface area contributed by atoms with E-state index in [1.807, 2.05) is 6.92 Å². The van der Waals surface area contributed by atoms with Crippen molar-refractivity contribution in [2.45, 2.75) is 26.2 Å². The zero-order valence-electron chi connectivity index (χ0n) is 11.1. The van der Waals surface area contributed by atoms with Gasteiger partial charge in [0.2, 0.25) is 5.88 Å². The molecule has 0 unspecified atom stereocenters. The summed E-state index contributed by atoms with van der Waals surface area (Å²) in [7, 11) is 0. The first kappa shape index (κ1) is 13.6. The molecule has 0 amide bonds. The van der Waals surface area contributed by atoms with Gasteiger partial charge in [0, 0.05) is 13.1 Å². The zero-order valence-corrected chi connectivity index (χ0v) is 11.1. The van der Waals surface area contributed by atoms with Gasteiger partial charge in [-0.05, 0) is 19.3 Å². The molecule has 1 aliphatic rings. The third-order valence-electron chi connectivity index (χ3n) is 3.22. The number of nitrogens with zero attached hydrogens (tertiary/aromatic N) is 3. The second kappa shape index (κ2) is 6.36. The summed E-state index contributed by atoms with van der Waals surface area (Å²) >= 11 is 0. The number of carbonyl (C=O) groups is 1. The predicted molar refractivity (Wildman–Crippen MR) is 70.4 cm³/mol. The van der Waals surface area contributed by atoms with E-state index in [1.165, 1.54) is 0 Å². The topological polar surface area (TPSA) is 75.5 Å². The largest absolute Gasteiger partial charge is 0.481 e. The molecule has 6 heteroatoms. The fraction of sp³-hybridized carbons (Fsp3) is 0.615. The van der Waals surface area contributed by atoms with E-state index in [0.717, 1.165) is 12.2 Å². The van der Waals surface area contributed by atoms with Crippen LogP contribution in [0.1, 0.15) is 26.2 Å². The number of aliphatic carboxylic acids is 1. The molecule has 0 aliphatic carbocycles. The van der Waals surface area contributed by atoms with Crippen LogP contribution in [0, 0.1) is 5.92 Å². The number of carboxylic acid groups (broad SMARTS) is 1. The highest BCUT2D eigenvalue weighted by Gasteiger charge is 2.25. The molecule has 0 aromatic carbocycles. The second-order valence-corrected chi connectivity index (χ2v) is 4.66. The third-order valence-corrected chi connectivity index (χ3v) is 3.22. The van der Waals surface area contributed by atoms with Crippen molar-refractivity contribution in [3.05, 3.63) is 12.4 Å². The number of hydrogen-bond acceptors (Lipinski definition) is 5. The molecule has 0 atom stereocenters. The maximum atomic E-state index is 10.9. The van der Waals surface area contributed by atoms with Crippen LogP contribution in [-0.4, -0.2) is 40.7 Å². The Bertz CT molecular complexity index is 431. The van der Waals surface area contributed by atoms with Crippen LogP contribution < -0.4 is 9.64 Å². The maximum absolute atomic E-state index is 10.9. The van der Waals surface area contributed by atoms with E-state index in [4.69, 9.17) is 9.84 Å². The Hall–Kier alpha value is -1.85. The summed E-state index contributed by atoms with van der Waals surface area (Å²) in [4.78, 5) is 21.5. The van der Waals surface area contributed by atoms with Crippen LogP contribution in [0.15, 0.2) is 12.4 Å². The molecule has 0 saturated carbocycles. The Morgan fingerprint density at radius 1 is 1.47 bits per heavy atom. The van der Waals surface area contributed by atoms with Gasteiger partial charge >= 0.3 is 5.97 Å². The monoisotopic (exact) mass is 265 g/mol. The van der Waals surface area contributed by atoms with Crippen LogP contribution in [0.5, 0.6) is 5.88 Å². The van der Waals surface area contributed by atoms with Gasteiger partial charge in [0.05, 0.1) is 24.9 Å². The lowest BCUT2D eigenvalue weighted by atomic mass is 9.97. The molecule has 0 bridgehead atoms. The molecule has 1 N–H and O–H groups in total. The average Bonchev–Trinajstić information content (AvgIpc) is 2.45. The Labute approximate surface area is 112 Å². The first-order chi connectivity index (χ1) is 9.20. The van der Waals surface area contributed by atoms with Gasteiger partial charge in [-0.15, -0.1) is 0 Å². The Kier molecular flexibility index (Phi) is 4.54. The smallest absolute Gasteiger partial charge is 0.306 e. The number of carboxylic acids is 1. The maximum Gasteiger partial charge on any atom is 0.306 e. The van der Waals surface area contributed by atoms with Gasteiger partial charge in [0.1, 0.15) is 0 Å². The molecule has 2 rings (SSSR count). The zero-order chi connectivity index (χ0) is 13.7. The quantitative estimate of drug-likeness (QED) is 0.871. The molecule has 19 heavy (non-hydrogen) atoms. The van der Waals surface area contributed by atoms with E-state index in [0.29, 0.717) is 38.4 Å². The first-order valence-electron chi connectivity index (χ1n) is 6.63. The fourth-order valence-corrected chi connectivity index (χ4v) is 2.12. The second-order valence-electron chi connectivity index (χ2n) is 4.66. The van der Waals surface area contributed by atoms with Crippen LogP contribution in [0.4, 0.5) is 5.82 Å². The minimum Gasteiger partial charge on any atom is -0.481 e. The predicted octanol–water partition coefficient (Wildman–Crippen LogP) is 1.57. The van der Waals surface area contributed by atoms with Crippen molar-refractivity contribution < 1.29 is 14.6 Å². The number of hydrogen-bond donors (Lipinski definition) is 1. The van der Waals surface area contributed by atoms with Gasteiger partial charge in [0.15, 0.2) is 5.82 Å². The molecule has 1 fully saturated rings. The van der Waals surface area contributed by atoms with E-state index in [-0.39, 0.29) is 5.92 Å². The van der Waals surface area contributed by atoms with E-state index >= 15 is 0 Å². The Morgan fingerprint density at radius 3 is 2.84 bits per heavy atom. The van der Waals surface area contributed by atoms with E-state index in [9.17, 15) is 4.79 Å². The summed E-state index contributed by atoms with van der Waals surface area (Å²) in [6.07, 6.45) is 5.52. The van der Waals surface area contributed by atoms with Gasteiger partial charge in [0.25, 0.3) is 0 Å². The Morgan fingerprint density at radius 2 is 2.21 bits per heavy atom. The van der Waals surface area contributed by atoms with Crippen molar-refractivity contribution >= 4 is 11.8 Å². The first-order valence-corrected chi connectivity index (χ1v) is 6.63. The van der Waals surface area contributed by atoms with Crippen LogP contribution in [0.25, 0.3) is 0 Å². The minimum atomic E-state index is -0.703. The number of anilines is 1. The van der Waals surface area contributed by atoms with Gasteiger partial charge in [-0.1, -0.05) is 6.92 Å². The molecular formula is C13H19N3O3. The van der Waals surface area contributed by atoms with Crippen molar-refractivity contribution in [3.8, 4) is 5.88 Å². The lowest BCUT2D eigenvalue weighted by molar-refractivity contribution is -0.142. The Balaban J connectivity index is 1.97. The standard InChI is InChI=1S/C13H19N3O3/c1-2-7-19-12-9-14-8-11(15-12)16-5-3-10(4-6-16)13(17)18/h8-10H,2-7H2,1H3,(H,17,18). The van der Waals surface area contributed by atoms with Crippen molar-refractivity contribution in [2.75, 3.05) is 24.6 Å². The highest BCUT2D eigenvalue weighted by Crippen LogP contribution is 2.22. The highest BCUT2D eigenvalue weighted by atomic mass is 16.5. The number of piperidine rings is 1. The van der Waals surface area contributed by atoms with Crippen LogP contribution in [0.3, 0.4) is 0 Å². The highest BCUT2D eigenvalue weighted by molar-refractivity contribution is 5.70. The third kappa shape index (κ3) is 3.56. The summed E-state index contributed by atoms with van der Waals surface area (Å²) in [6, 6.07) is 0. The number of aromatic nitrogens is 2. The molecule has 1 saturated heterocycles. The van der Waals surface area contributed by atoms with Gasteiger partial charge < -0.3 is 14.7 Å². The van der Waals surface area contributed by atoms with E-state index in [2.05, 4.69) is 14.9 Å². The van der Waals surface area contributed by atoms with Gasteiger partial charge in [-0.2, -0.15) is 4.98 Å². The van der Waals surface area contributed by atoms with Gasteiger partial charge in [-0.25, -0.2) is 0 Å². The van der Waals surface area contributed by atoms with Crippen molar-refractivity contribution in [1.29, 1.82) is 0 Å².